The summed E-state index contributed by atoms with van der Waals surface area (Å²) in [6.07, 6.45) is 2.05. The summed E-state index contributed by atoms with van der Waals surface area (Å²) in [5, 5.41) is 19.1. The van der Waals surface area contributed by atoms with Gasteiger partial charge in [0.15, 0.2) is 0 Å². The van der Waals surface area contributed by atoms with E-state index in [0.29, 0.717) is 12.1 Å². The summed E-state index contributed by atoms with van der Waals surface area (Å²) in [5.74, 6) is 0.378. The molecule has 2 N–H and O–H groups in total. The standard InChI is InChI=1S/C12H11NO2/c14-11-5-2-1-4-9(11)8-10-12(15)6-3-7-13-10/h1-7,14-15H,8H2. The molecule has 1 aromatic carbocycles. The van der Waals surface area contributed by atoms with Crippen LogP contribution in [0.25, 0.3) is 0 Å². The molecule has 2 rings (SSSR count). The van der Waals surface area contributed by atoms with Crippen molar-refractivity contribution in [1.29, 1.82) is 0 Å². The summed E-state index contributed by atoms with van der Waals surface area (Å²) >= 11 is 0. The summed E-state index contributed by atoms with van der Waals surface area (Å²) in [6, 6.07) is 10.3. The van der Waals surface area contributed by atoms with Gasteiger partial charge in [0.2, 0.25) is 0 Å². The first-order valence-electron chi connectivity index (χ1n) is 4.67. The van der Waals surface area contributed by atoms with Crippen molar-refractivity contribution in [3.8, 4) is 11.5 Å². The second-order valence-corrected chi connectivity index (χ2v) is 3.27. The fraction of sp³-hybridized carbons (Fsp3) is 0.0833. The molecule has 0 amide bonds. The average molecular weight is 201 g/mol. The number of hydrogen-bond acceptors (Lipinski definition) is 3. The zero-order valence-corrected chi connectivity index (χ0v) is 8.09. The van der Waals surface area contributed by atoms with Crippen molar-refractivity contribution in [3.05, 3.63) is 53.9 Å². The molecule has 1 heterocycles. The van der Waals surface area contributed by atoms with Crippen LogP contribution >= 0.6 is 0 Å². The van der Waals surface area contributed by atoms with Gasteiger partial charge in [-0.25, -0.2) is 0 Å². The van der Waals surface area contributed by atoms with Gasteiger partial charge in [0.05, 0.1) is 5.69 Å². The zero-order valence-electron chi connectivity index (χ0n) is 8.09. The van der Waals surface area contributed by atoms with E-state index >= 15 is 0 Å². The van der Waals surface area contributed by atoms with Gasteiger partial charge in [-0.2, -0.15) is 0 Å². The molecule has 0 aliphatic carbocycles. The smallest absolute Gasteiger partial charge is 0.137 e. The minimum Gasteiger partial charge on any atom is -0.508 e. The molecule has 1 aromatic heterocycles. The number of nitrogens with zero attached hydrogens (tertiary/aromatic N) is 1. The number of para-hydroxylation sites is 1. The quantitative estimate of drug-likeness (QED) is 0.782. The number of phenols is 1. The Balaban J connectivity index is 2.30. The largest absolute Gasteiger partial charge is 0.508 e. The van der Waals surface area contributed by atoms with E-state index in [-0.39, 0.29) is 11.5 Å². The molecule has 0 saturated heterocycles. The maximum Gasteiger partial charge on any atom is 0.137 e. The van der Waals surface area contributed by atoms with Gasteiger partial charge in [0.1, 0.15) is 11.5 Å². The highest BCUT2D eigenvalue weighted by Gasteiger charge is 2.05. The Kier molecular flexibility index (Phi) is 2.54. The molecule has 0 saturated carbocycles. The van der Waals surface area contributed by atoms with Crippen LogP contribution in [0.3, 0.4) is 0 Å². The lowest BCUT2D eigenvalue weighted by atomic mass is 10.1. The van der Waals surface area contributed by atoms with Crippen molar-refractivity contribution >= 4 is 0 Å². The molecule has 0 bridgehead atoms. The third-order valence-electron chi connectivity index (χ3n) is 2.22. The topological polar surface area (TPSA) is 53.4 Å². The lowest BCUT2D eigenvalue weighted by Gasteiger charge is -2.04. The predicted molar refractivity (Wildman–Crippen MR) is 56.8 cm³/mol. The Morgan fingerprint density at radius 3 is 2.40 bits per heavy atom. The van der Waals surface area contributed by atoms with Crippen molar-refractivity contribution < 1.29 is 10.2 Å². The van der Waals surface area contributed by atoms with Crippen molar-refractivity contribution in [3.63, 3.8) is 0 Å². The molecule has 0 radical (unpaired) electrons. The molecule has 0 spiro atoms. The van der Waals surface area contributed by atoms with Crippen LogP contribution in [0.5, 0.6) is 11.5 Å². The van der Waals surface area contributed by atoms with E-state index in [0.717, 1.165) is 5.56 Å². The fourth-order valence-electron chi connectivity index (χ4n) is 1.41. The van der Waals surface area contributed by atoms with E-state index in [9.17, 15) is 10.2 Å². The monoisotopic (exact) mass is 201 g/mol. The number of hydrogen-bond donors (Lipinski definition) is 2. The lowest BCUT2D eigenvalue weighted by molar-refractivity contribution is 0.460. The van der Waals surface area contributed by atoms with Crippen molar-refractivity contribution in [2.45, 2.75) is 6.42 Å². The highest BCUT2D eigenvalue weighted by molar-refractivity contribution is 5.38. The second-order valence-electron chi connectivity index (χ2n) is 3.27. The first-order chi connectivity index (χ1) is 7.27. The Labute approximate surface area is 87.7 Å². The van der Waals surface area contributed by atoms with Crippen LogP contribution in [0.1, 0.15) is 11.3 Å². The van der Waals surface area contributed by atoms with Gasteiger partial charge in [-0.3, -0.25) is 4.98 Å². The van der Waals surface area contributed by atoms with Gasteiger partial charge < -0.3 is 10.2 Å². The minimum atomic E-state index is 0.153. The van der Waals surface area contributed by atoms with Crippen molar-refractivity contribution in [1.82, 2.24) is 4.98 Å². The molecule has 2 aromatic rings. The van der Waals surface area contributed by atoms with Crippen LogP contribution in [0.4, 0.5) is 0 Å². The number of benzene rings is 1. The van der Waals surface area contributed by atoms with Crippen LogP contribution in [-0.4, -0.2) is 15.2 Å². The minimum absolute atomic E-state index is 0.153. The Bertz CT molecular complexity index is 425. The Morgan fingerprint density at radius 2 is 1.67 bits per heavy atom. The molecular formula is C12H11NO2. The third-order valence-corrected chi connectivity index (χ3v) is 2.22. The molecule has 0 atom stereocenters. The highest BCUT2D eigenvalue weighted by atomic mass is 16.3. The molecule has 15 heavy (non-hydrogen) atoms. The third kappa shape index (κ3) is 2.07. The first-order valence-corrected chi connectivity index (χ1v) is 4.67. The number of phenolic OH excluding ortho intramolecular Hbond substituents is 1. The SMILES string of the molecule is Oc1ccccc1Cc1ncccc1O. The van der Waals surface area contributed by atoms with E-state index in [1.807, 2.05) is 12.1 Å². The maximum absolute atomic E-state index is 9.55. The molecule has 76 valence electrons. The van der Waals surface area contributed by atoms with Crippen LogP contribution in [-0.2, 0) is 6.42 Å². The average Bonchev–Trinajstić information content (AvgIpc) is 2.24. The van der Waals surface area contributed by atoms with Gasteiger partial charge in [-0.05, 0) is 23.8 Å². The second kappa shape index (κ2) is 4.00. The molecule has 0 unspecified atom stereocenters. The van der Waals surface area contributed by atoms with Gasteiger partial charge in [-0.1, -0.05) is 18.2 Å². The van der Waals surface area contributed by atoms with Gasteiger partial charge in [-0.15, -0.1) is 0 Å². The normalized spacial score (nSPS) is 10.1. The Hall–Kier alpha value is -2.03. The van der Waals surface area contributed by atoms with E-state index in [1.165, 1.54) is 0 Å². The van der Waals surface area contributed by atoms with Crippen molar-refractivity contribution in [2.75, 3.05) is 0 Å². The highest BCUT2D eigenvalue weighted by Crippen LogP contribution is 2.22. The summed E-state index contributed by atoms with van der Waals surface area (Å²) in [5.41, 5.74) is 1.32. The number of pyridine rings is 1. The number of aromatic hydroxyl groups is 2. The van der Waals surface area contributed by atoms with Gasteiger partial charge >= 0.3 is 0 Å². The molecule has 3 heteroatoms. The zero-order chi connectivity index (χ0) is 10.7. The fourth-order valence-corrected chi connectivity index (χ4v) is 1.41. The molecule has 0 aliphatic heterocycles. The number of rotatable bonds is 2. The first kappa shape index (κ1) is 9.52. The molecule has 3 nitrogen and oxygen atoms in total. The van der Waals surface area contributed by atoms with Crippen LogP contribution in [0, 0.1) is 0 Å². The Morgan fingerprint density at radius 1 is 0.933 bits per heavy atom. The van der Waals surface area contributed by atoms with Crippen molar-refractivity contribution in [2.24, 2.45) is 0 Å². The number of aromatic nitrogens is 1. The van der Waals surface area contributed by atoms with Gasteiger partial charge in [0, 0.05) is 12.6 Å². The molecule has 0 fully saturated rings. The van der Waals surface area contributed by atoms with E-state index in [1.54, 1.807) is 30.5 Å². The van der Waals surface area contributed by atoms with E-state index in [4.69, 9.17) is 0 Å². The predicted octanol–water partition coefficient (Wildman–Crippen LogP) is 2.08. The summed E-state index contributed by atoms with van der Waals surface area (Å²) in [7, 11) is 0. The maximum atomic E-state index is 9.55. The van der Waals surface area contributed by atoms with E-state index in [2.05, 4.69) is 4.98 Å². The van der Waals surface area contributed by atoms with Gasteiger partial charge in [0.25, 0.3) is 0 Å². The summed E-state index contributed by atoms with van der Waals surface area (Å²) < 4.78 is 0. The molecule has 0 aliphatic rings. The summed E-state index contributed by atoms with van der Waals surface area (Å²) in [6.45, 7) is 0. The van der Waals surface area contributed by atoms with Crippen LogP contribution < -0.4 is 0 Å². The lowest BCUT2D eigenvalue weighted by Crippen LogP contribution is -1.92. The summed E-state index contributed by atoms with van der Waals surface area (Å²) in [4.78, 5) is 4.05. The van der Waals surface area contributed by atoms with Crippen LogP contribution in [0.15, 0.2) is 42.6 Å². The van der Waals surface area contributed by atoms with E-state index < -0.39 is 0 Å². The van der Waals surface area contributed by atoms with Crippen LogP contribution in [0.2, 0.25) is 0 Å². The molecular weight excluding hydrogens is 190 g/mol.